The van der Waals surface area contributed by atoms with Crippen molar-refractivity contribution in [2.75, 3.05) is 33.9 Å². The Morgan fingerprint density at radius 1 is 1.06 bits per heavy atom. The summed E-state index contributed by atoms with van der Waals surface area (Å²) in [6, 6.07) is 4.06. The molecule has 0 radical (unpaired) electrons. The number of methoxy groups -OCH3 is 2. The standard InChI is InChI=1S/C33H39NO12.ClH/c1-15-28(37)19(34-9-7-16(43-2)8-10-34)11-23(45-15)46-21-13-33(42,22(36)14-35)12-18-25(21)32(41)27-26(30(18)39)29(38)17-5-4-6-20(44-3)24(17)31(27)40;/h4-6,15-16,19,21,23,28,35,37,39,41-42H,7-14H2,1-3H3;1H. The molecule has 2 aliphatic carbocycles. The summed E-state index contributed by atoms with van der Waals surface area (Å²) in [5.41, 5.74) is -3.51. The molecule has 256 valence electrons. The Morgan fingerprint density at radius 3 is 2.38 bits per heavy atom. The number of piperidine rings is 1. The fourth-order valence-electron chi connectivity index (χ4n) is 7.50. The van der Waals surface area contributed by atoms with Gasteiger partial charge in [-0.2, -0.15) is 0 Å². The Labute approximate surface area is 277 Å². The molecule has 6 unspecified atom stereocenters. The number of aliphatic hydroxyl groups excluding tert-OH is 2. The number of benzene rings is 2. The second-order valence-electron chi connectivity index (χ2n) is 12.5. The fourth-order valence-corrected chi connectivity index (χ4v) is 7.50. The summed E-state index contributed by atoms with van der Waals surface area (Å²) in [6.07, 6.45) is -2.95. The van der Waals surface area contributed by atoms with Gasteiger partial charge in [-0.05, 0) is 25.8 Å². The van der Waals surface area contributed by atoms with Crippen molar-refractivity contribution in [1.82, 2.24) is 4.90 Å². The maximum atomic E-state index is 13.9. The Hall–Kier alpha value is -3.14. The molecular formula is C33H40ClNO12. The SMILES string of the molecule is COc1cccc2c1C(=O)c1c(O)c3c(c(O)c1C2=O)CC(O)(C(=O)CO)CC3OC1CC(N2CCC(OC)CC2)C(O)C(C)O1.Cl. The first kappa shape index (κ1) is 35.2. The number of carbonyl (C=O) groups is 3. The number of aliphatic hydroxyl groups is 3. The minimum Gasteiger partial charge on any atom is -0.507 e. The van der Waals surface area contributed by atoms with Crippen LogP contribution in [-0.4, -0.2) is 118 Å². The number of aromatic hydroxyl groups is 2. The monoisotopic (exact) mass is 677 g/mol. The molecule has 5 N–H and O–H groups in total. The van der Waals surface area contributed by atoms with Crippen molar-refractivity contribution in [3.63, 3.8) is 0 Å². The van der Waals surface area contributed by atoms with E-state index < -0.39 is 89.6 Å². The summed E-state index contributed by atoms with van der Waals surface area (Å²) >= 11 is 0. The van der Waals surface area contributed by atoms with Crippen molar-refractivity contribution in [3.8, 4) is 17.2 Å². The molecule has 2 aromatic rings. The number of carbonyl (C=O) groups excluding carboxylic acids is 3. The van der Waals surface area contributed by atoms with E-state index >= 15 is 0 Å². The van der Waals surface area contributed by atoms with Gasteiger partial charge < -0.3 is 44.5 Å². The van der Waals surface area contributed by atoms with E-state index in [1.807, 2.05) is 0 Å². The summed E-state index contributed by atoms with van der Waals surface area (Å²) in [6.45, 7) is 2.05. The number of hydrogen-bond acceptors (Lipinski definition) is 13. The first-order valence-corrected chi connectivity index (χ1v) is 15.4. The maximum absolute atomic E-state index is 13.9. The number of Topliss-reactive ketones (excluding diaryl/α,β-unsaturated/α-hetero) is 1. The lowest BCUT2D eigenvalue weighted by atomic mass is 9.72. The molecule has 0 saturated carbocycles. The van der Waals surface area contributed by atoms with Crippen molar-refractivity contribution < 1.29 is 58.9 Å². The van der Waals surface area contributed by atoms with E-state index in [1.54, 1.807) is 14.0 Å². The predicted molar refractivity (Wildman–Crippen MR) is 166 cm³/mol. The van der Waals surface area contributed by atoms with Crippen LogP contribution in [0.15, 0.2) is 18.2 Å². The van der Waals surface area contributed by atoms with Crippen LogP contribution in [0.2, 0.25) is 0 Å². The Morgan fingerprint density at radius 2 is 1.74 bits per heavy atom. The van der Waals surface area contributed by atoms with E-state index in [4.69, 9.17) is 18.9 Å². The molecule has 4 aliphatic rings. The molecule has 6 atom stereocenters. The Kier molecular flexibility index (Phi) is 10.0. The molecule has 13 nitrogen and oxygen atoms in total. The van der Waals surface area contributed by atoms with Gasteiger partial charge in [-0.15, -0.1) is 12.4 Å². The zero-order valence-corrected chi connectivity index (χ0v) is 27.1. The quantitative estimate of drug-likeness (QED) is 0.227. The lowest BCUT2D eigenvalue weighted by Crippen LogP contribution is -2.57. The van der Waals surface area contributed by atoms with Gasteiger partial charge in [0.2, 0.25) is 5.78 Å². The van der Waals surface area contributed by atoms with Gasteiger partial charge in [0, 0.05) is 62.2 Å². The van der Waals surface area contributed by atoms with Crippen LogP contribution in [-0.2, 0) is 25.4 Å². The third-order valence-electron chi connectivity index (χ3n) is 10.0. The molecule has 2 heterocycles. The van der Waals surface area contributed by atoms with Crippen LogP contribution in [0.25, 0.3) is 0 Å². The molecule has 2 fully saturated rings. The molecule has 14 heteroatoms. The lowest BCUT2D eigenvalue weighted by Gasteiger charge is -2.46. The number of ketones is 3. The number of fused-ring (bicyclic) bond motifs is 3. The summed E-state index contributed by atoms with van der Waals surface area (Å²) in [7, 11) is 3.01. The summed E-state index contributed by atoms with van der Waals surface area (Å²) in [4.78, 5) is 42.6. The summed E-state index contributed by atoms with van der Waals surface area (Å²) in [5.74, 6) is -3.67. The van der Waals surface area contributed by atoms with Crippen LogP contribution < -0.4 is 4.74 Å². The van der Waals surface area contributed by atoms with Crippen LogP contribution in [0.4, 0.5) is 0 Å². The number of phenols is 2. The molecule has 2 aliphatic heterocycles. The maximum Gasteiger partial charge on any atom is 0.202 e. The van der Waals surface area contributed by atoms with Gasteiger partial charge >= 0.3 is 0 Å². The van der Waals surface area contributed by atoms with Gasteiger partial charge in [0.1, 0.15) is 29.5 Å². The van der Waals surface area contributed by atoms with Crippen molar-refractivity contribution in [2.45, 2.75) is 81.4 Å². The normalized spacial score (nSPS) is 29.4. The molecular weight excluding hydrogens is 638 g/mol. The Bertz CT molecular complexity index is 1570. The number of phenolic OH excluding ortho intramolecular Hbond substituents is 2. The highest BCUT2D eigenvalue weighted by atomic mass is 35.5. The van der Waals surface area contributed by atoms with Crippen LogP contribution in [0.1, 0.15) is 81.7 Å². The van der Waals surface area contributed by atoms with Gasteiger partial charge in [-0.25, -0.2) is 0 Å². The zero-order chi connectivity index (χ0) is 33.1. The van der Waals surface area contributed by atoms with E-state index in [0.717, 1.165) is 12.8 Å². The first-order chi connectivity index (χ1) is 21.9. The molecule has 2 aromatic carbocycles. The fraction of sp³-hybridized carbons (Fsp3) is 0.545. The third kappa shape index (κ3) is 5.82. The molecule has 47 heavy (non-hydrogen) atoms. The minimum atomic E-state index is -2.24. The van der Waals surface area contributed by atoms with Gasteiger partial charge in [0.05, 0.1) is 48.2 Å². The average Bonchev–Trinajstić information content (AvgIpc) is 3.05. The number of nitrogens with zero attached hydrogens (tertiary/aromatic N) is 1. The number of halogens is 1. The number of ether oxygens (including phenoxy) is 4. The minimum absolute atomic E-state index is 0. The van der Waals surface area contributed by atoms with Gasteiger partial charge in [-0.1, -0.05) is 12.1 Å². The van der Waals surface area contributed by atoms with Crippen LogP contribution >= 0.6 is 12.4 Å². The van der Waals surface area contributed by atoms with Crippen LogP contribution in [0, 0.1) is 0 Å². The highest BCUT2D eigenvalue weighted by Crippen LogP contribution is 2.52. The third-order valence-corrected chi connectivity index (χ3v) is 10.0. The smallest absolute Gasteiger partial charge is 0.202 e. The van der Waals surface area contributed by atoms with Crippen LogP contribution in [0.5, 0.6) is 17.2 Å². The molecule has 0 amide bonds. The largest absolute Gasteiger partial charge is 0.507 e. The van der Waals surface area contributed by atoms with Crippen molar-refractivity contribution in [3.05, 3.63) is 51.6 Å². The molecule has 0 aromatic heterocycles. The summed E-state index contributed by atoms with van der Waals surface area (Å²) in [5, 5.41) is 55.5. The van der Waals surface area contributed by atoms with E-state index in [9.17, 15) is 39.9 Å². The van der Waals surface area contributed by atoms with Gasteiger partial charge in [-0.3, -0.25) is 19.3 Å². The van der Waals surface area contributed by atoms with E-state index in [2.05, 4.69) is 4.90 Å². The second kappa shape index (κ2) is 13.4. The average molecular weight is 678 g/mol. The highest BCUT2D eigenvalue weighted by Gasteiger charge is 2.50. The number of likely N-dealkylation sites (tertiary alicyclic amines) is 1. The topological polar surface area (TPSA) is 193 Å². The molecule has 0 bridgehead atoms. The predicted octanol–water partition coefficient (Wildman–Crippen LogP) is 1.58. The molecule has 0 spiro atoms. The van der Waals surface area contributed by atoms with E-state index in [-0.39, 0.29) is 59.0 Å². The van der Waals surface area contributed by atoms with E-state index in [1.165, 1.54) is 25.3 Å². The number of hydrogen-bond donors (Lipinski definition) is 5. The Balaban J connectivity index is 0.00000433. The molecule has 2 saturated heterocycles. The van der Waals surface area contributed by atoms with Gasteiger partial charge in [0.25, 0.3) is 0 Å². The number of rotatable bonds is 7. The van der Waals surface area contributed by atoms with Gasteiger partial charge in [0.15, 0.2) is 17.9 Å². The van der Waals surface area contributed by atoms with E-state index in [0.29, 0.717) is 13.1 Å². The first-order valence-electron chi connectivity index (χ1n) is 15.4. The van der Waals surface area contributed by atoms with Crippen LogP contribution in [0.3, 0.4) is 0 Å². The van der Waals surface area contributed by atoms with Crippen molar-refractivity contribution >= 4 is 29.8 Å². The lowest BCUT2D eigenvalue weighted by molar-refractivity contribution is -0.259. The summed E-state index contributed by atoms with van der Waals surface area (Å²) < 4.78 is 23.2. The van der Waals surface area contributed by atoms with Crippen molar-refractivity contribution in [2.24, 2.45) is 0 Å². The second-order valence-corrected chi connectivity index (χ2v) is 12.5. The molecule has 6 rings (SSSR count). The van der Waals surface area contributed by atoms with Crippen molar-refractivity contribution in [1.29, 1.82) is 0 Å². The zero-order valence-electron chi connectivity index (χ0n) is 26.3. The highest BCUT2D eigenvalue weighted by molar-refractivity contribution is 6.31.